The minimum atomic E-state index is -0.110. The molecular formula is C21H26N4O3S. The molecule has 1 aromatic carbocycles. The molecule has 2 N–H and O–H groups in total. The molecule has 29 heavy (non-hydrogen) atoms. The number of nitrogens with zero attached hydrogens (tertiary/aromatic N) is 2. The average Bonchev–Trinajstić information content (AvgIpc) is 3.11. The molecule has 2 aromatic heterocycles. The summed E-state index contributed by atoms with van der Waals surface area (Å²) >= 11 is 1.28. The van der Waals surface area contributed by atoms with Crippen LogP contribution in [0.5, 0.6) is 5.75 Å². The van der Waals surface area contributed by atoms with Gasteiger partial charge in [0, 0.05) is 18.3 Å². The second-order valence-electron chi connectivity index (χ2n) is 6.95. The van der Waals surface area contributed by atoms with Crippen LogP contribution in [0.15, 0.2) is 40.3 Å². The van der Waals surface area contributed by atoms with E-state index in [1.165, 1.54) is 11.8 Å². The third kappa shape index (κ3) is 4.82. The number of benzene rings is 1. The van der Waals surface area contributed by atoms with Gasteiger partial charge in [0.15, 0.2) is 5.16 Å². The highest BCUT2D eigenvalue weighted by Crippen LogP contribution is 2.22. The summed E-state index contributed by atoms with van der Waals surface area (Å²) in [5.74, 6) is 0.856. The number of aromatic nitrogens is 3. The van der Waals surface area contributed by atoms with Gasteiger partial charge in [-0.3, -0.25) is 14.2 Å². The molecule has 0 spiro atoms. The van der Waals surface area contributed by atoms with E-state index in [2.05, 4.69) is 15.3 Å². The topological polar surface area (TPSA) is 89.0 Å². The summed E-state index contributed by atoms with van der Waals surface area (Å²) in [5, 5.41) is 3.47. The predicted octanol–water partition coefficient (Wildman–Crippen LogP) is 3.42. The number of rotatable bonds is 8. The van der Waals surface area contributed by atoms with Crippen LogP contribution in [0.2, 0.25) is 0 Å². The highest BCUT2D eigenvalue weighted by molar-refractivity contribution is 7.99. The van der Waals surface area contributed by atoms with Gasteiger partial charge in [-0.1, -0.05) is 30.8 Å². The number of hydrogen-bond donors (Lipinski definition) is 2. The molecule has 3 rings (SSSR count). The standard InChI is InChI=1S/C21H26N4O3S/c1-5-14(3)25-20(27)19-17(10-13(2)23-19)24-21(25)29-12-18(26)22-11-15-6-8-16(28-4)9-7-15/h6-10,14,23H,5,11-12H2,1-4H3,(H,22,26)/t14-/m1/s1. The second kappa shape index (κ2) is 9.17. The quantitative estimate of drug-likeness (QED) is 0.435. The first-order valence-corrected chi connectivity index (χ1v) is 10.6. The summed E-state index contributed by atoms with van der Waals surface area (Å²) in [5.41, 5.74) is 2.92. The molecule has 0 aliphatic rings. The number of methoxy groups -OCH3 is 1. The highest BCUT2D eigenvalue weighted by Gasteiger charge is 2.18. The number of fused-ring (bicyclic) bond motifs is 1. The molecule has 7 nitrogen and oxygen atoms in total. The van der Waals surface area contributed by atoms with Gasteiger partial charge in [-0.15, -0.1) is 0 Å². The van der Waals surface area contributed by atoms with Crippen molar-refractivity contribution in [2.24, 2.45) is 0 Å². The lowest BCUT2D eigenvalue weighted by molar-refractivity contribution is -0.118. The molecule has 2 heterocycles. The number of ether oxygens (including phenoxy) is 1. The smallest absolute Gasteiger partial charge is 0.278 e. The number of hydrogen-bond acceptors (Lipinski definition) is 5. The van der Waals surface area contributed by atoms with Crippen LogP contribution in [0, 0.1) is 6.92 Å². The molecular weight excluding hydrogens is 388 g/mol. The van der Waals surface area contributed by atoms with Crippen molar-refractivity contribution >= 4 is 28.7 Å². The fourth-order valence-corrected chi connectivity index (χ4v) is 3.92. The number of aromatic amines is 1. The molecule has 1 atom stereocenters. The molecule has 0 aliphatic heterocycles. The van der Waals surface area contributed by atoms with Crippen molar-refractivity contribution in [2.75, 3.05) is 12.9 Å². The molecule has 8 heteroatoms. The average molecular weight is 415 g/mol. The SMILES string of the molecule is CC[C@@H](C)n1c(SCC(=O)NCc2ccc(OC)cc2)nc2cc(C)[nH]c2c1=O. The Morgan fingerprint density at radius 3 is 2.72 bits per heavy atom. The minimum absolute atomic E-state index is 0.00661. The van der Waals surface area contributed by atoms with E-state index in [0.29, 0.717) is 22.7 Å². The third-order valence-electron chi connectivity index (χ3n) is 4.80. The molecule has 0 saturated heterocycles. The fraction of sp³-hybridized carbons (Fsp3) is 0.381. The van der Waals surface area contributed by atoms with Gasteiger partial charge in [0.1, 0.15) is 11.3 Å². The lowest BCUT2D eigenvalue weighted by Crippen LogP contribution is -2.28. The Labute approximate surface area is 173 Å². The van der Waals surface area contributed by atoms with Gasteiger partial charge in [0.05, 0.1) is 18.4 Å². The lowest BCUT2D eigenvalue weighted by atomic mass is 10.2. The second-order valence-corrected chi connectivity index (χ2v) is 7.90. The van der Waals surface area contributed by atoms with Gasteiger partial charge in [0.2, 0.25) is 5.91 Å². The van der Waals surface area contributed by atoms with Crippen molar-refractivity contribution in [3.63, 3.8) is 0 Å². The zero-order valence-electron chi connectivity index (χ0n) is 17.1. The van der Waals surface area contributed by atoms with Crippen molar-refractivity contribution in [1.82, 2.24) is 19.9 Å². The van der Waals surface area contributed by atoms with Gasteiger partial charge in [-0.25, -0.2) is 4.98 Å². The van der Waals surface area contributed by atoms with Gasteiger partial charge < -0.3 is 15.0 Å². The van der Waals surface area contributed by atoms with Gasteiger partial charge in [-0.2, -0.15) is 0 Å². The molecule has 0 fully saturated rings. The number of H-pyrrole nitrogens is 1. The van der Waals surface area contributed by atoms with E-state index in [1.807, 2.05) is 51.1 Å². The van der Waals surface area contributed by atoms with Crippen LogP contribution in [-0.4, -0.2) is 33.3 Å². The Hall–Kier alpha value is -2.74. The number of amides is 1. The Kier molecular flexibility index (Phi) is 6.64. The van der Waals surface area contributed by atoms with E-state index in [4.69, 9.17) is 4.74 Å². The Morgan fingerprint density at radius 1 is 1.34 bits per heavy atom. The summed E-state index contributed by atoms with van der Waals surface area (Å²) in [4.78, 5) is 33.0. The molecule has 0 saturated carbocycles. The Balaban J connectivity index is 1.71. The summed E-state index contributed by atoms with van der Waals surface area (Å²) in [6.45, 7) is 6.34. The normalized spacial score (nSPS) is 12.1. The lowest BCUT2D eigenvalue weighted by Gasteiger charge is -2.17. The van der Waals surface area contributed by atoms with Crippen LogP contribution in [0.3, 0.4) is 0 Å². The van der Waals surface area contributed by atoms with Gasteiger partial charge in [-0.05, 0) is 44.0 Å². The largest absolute Gasteiger partial charge is 0.497 e. The zero-order chi connectivity index (χ0) is 21.0. The molecule has 3 aromatic rings. The third-order valence-corrected chi connectivity index (χ3v) is 5.75. The van der Waals surface area contributed by atoms with Crippen LogP contribution < -0.4 is 15.6 Å². The van der Waals surface area contributed by atoms with Gasteiger partial charge >= 0.3 is 0 Å². The Bertz CT molecular complexity index is 1060. The van der Waals surface area contributed by atoms with Gasteiger partial charge in [0.25, 0.3) is 5.56 Å². The van der Waals surface area contributed by atoms with Crippen molar-refractivity contribution in [3.8, 4) is 5.75 Å². The van der Waals surface area contributed by atoms with Crippen molar-refractivity contribution in [3.05, 3.63) is 51.9 Å². The van der Waals surface area contributed by atoms with Crippen molar-refractivity contribution in [2.45, 2.75) is 44.9 Å². The van der Waals surface area contributed by atoms with E-state index in [1.54, 1.807) is 11.7 Å². The van der Waals surface area contributed by atoms with Crippen LogP contribution in [0.4, 0.5) is 0 Å². The number of carbonyl (C=O) groups is 1. The van der Waals surface area contributed by atoms with E-state index in [9.17, 15) is 9.59 Å². The van der Waals surface area contributed by atoms with Crippen molar-refractivity contribution < 1.29 is 9.53 Å². The maximum atomic E-state index is 12.9. The van der Waals surface area contributed by atoms with Crippen molar-refractivity contribution in [1.29, 1.82) is 0 Å². The number of nitrogens with one attached hydrogen (secondary N) is 2. The van der Waals surface area contributed by atoms with Crippen LogP contribution >= 0.6 is 11.8 Å². The zero-order valence-corrected chi connectivity index (χ0v) is 17.9. The molecule has 0 aliphatic carbocycles. The van der Waals surface area contributed by atoms with E-state index >= 15 is 0 Å². The molecule has 154 valence electrons. The first-order chi connectivity index (χ1) is 13.9. The monoisotopic (exact) mass is 414 g/mol. The van der Waals surface area contributed by atoms with E-state index in [0.717, 1.165) is 23.4 Å². The Morgan fingerprint density at radius 2 is 2.07 bits per heavy atom. The fourth-order valence-electron chi connectivity index (χ4n) is 2.99. The molecule has 0 unspecified atom stereocenters. The molecule has 0 bridgehead atoms. The first kappa shape index (κ1) is 21.0. The molecule has 1 amide bonds. The molecule has 0 radical (unpaired) electrons. The van der Waals surface area contributed by atoms with E-state index < -0.39 is 0 Å². The maximum absolute atomic E-state index is 12.9. The van der Waals surface area contributed by atoms with E-state index in [-0.39, 0.29) is 23.3 Å². The number of aryl methyl sites for hydroxylation is 1. The number of carbonyl (C=O) groups excluding carboxylic acids is 1. The summed E-state index contributed by atoms with van der Waals surface area (Å²) in [7, 11) is 1.62. The maximum Gasteiger partial charge on any atom is 0.278 e. The van der Waals surface area contributed by atoms with Crippen LogP contribution in [0.25, 0.3) is 11.0 Å². The minimum Gasteiger partial charge on any atom is -0.497 e. The summed E-state index contributed by atoms with van der Waals surface area (Å²) < 4.78 is 6.82. The highest BCUT2D eigenvalue weighted by atomic mass is 32.2. The first-order valence-electron chi connectivity index (χ1n) is 9.57. The summed E-state index contributed by atoms with van der Waals surface area (Å²) in [6.07, 6.45) is 0.796. The summed E-state index contributed by atoms with van der Waals surface area (Å²) in [6, 6.07) is 9.39. The van der Waals surface area contributed by atoms with Crippen LogP contribution in [0.1, 0.15) is 37.6 Å². The predicted molar refractivity (Wildman–Crippen MR) is 116 cm³/mol. The number of thioether (sulfide) groups is 1. The van der Waals surface area contributed by atoms with Crippen LogP contribution in [-0.2, 0) is 11.3 Å².